The minimum absolute atomic E-state index is 0.152. The van der Waals surface area contributed by atoms with Crippen molar-refractivity contribution in [2.75, 3.05) is 10.6 Å². The van der Waals surface area contributed by atoms with Gasteiger partial charge in [0, 0.05) is 23.4 Å². The van der Waals surface area contributed by atoms with Crippen LogP contribution in [0.25, 0.3) is 11.1 Å². The summed E-state index contributed by atoms with van der Waals surface area (Å²) in [4.78, 5) is 23.3. The summed E-state index contributed by atoms with van der Waals surface area (Å²) in [5.41, 5.74) is 1.70. The number of carbonyl (C=O) groups is 2. The molecule has 31 heavy (non-hydrogen) atoms. The summed E-state index contributed by atoms with van der Waals surface area (Å²) in [6.07, 6.45) is 0.154. The maximum absolute atomic E-state index is 12.1. The molecule has 0 aliphatic carbocycles. The number of benzene rings is 3. The molecule has 3 aromatic rings. The highest BCUT2D eigenvalue weighted by molar-refractivity contribution is 7.86. The maximum Gasteiger partial charge on any atom is 0.323 e. The number of nitrogens with one attached hydrogen (secondary N) is 2. The van der Waals surface area contributed by atoms with Gasteiger partial charge in [-0.2, -0.15) is 8.42 Å². The van der Waals surface area contributed by atoms with Crippen LogP contribution in [0.1, 0.15) is 13.3 Å². The molecule has 2 amide bonds. The van der Waals surface area contributed by atoms with Gasteiger partial charge in [-0.25, -0.2) is 4.79 Å². The van der Waals surface area contributed by atoms with Gasteiger partial charge in [-0.15, -0.1) is 0 Å². The number of hydrogen-bond donors (Lipinski definition) is 3. The molecule has 3 aromatic carbocycles. The summed E-state index contributed by atoms with van der Waals surface area (Å²) in [6, 6.07) is 18.6. The Balaban J connectivity index is 1.84. The zero-order chi connectivity index (χ0) is 22.4. The Bertz CT molecular complexity index is 1190. The molecule has 3 rings (SSSR count). The molecule has 0 unspecified atom stereocenters. The summed E-state index contributed by atoms with van der Waals surface area (Å²) < 4.78 is 38.3. The second-order valence-electron chi connectivity index (χ2n) is 6.48. The Morgan fingerprint density at radius 3 is 2.10 bits per heavy atom. The molecule has 9 heteroatoms. The molecule has 0 aliphatic rings. The van der Waals surface area contributed by atoms with E-state index >= 15 is 0 Å². The van der Waals surface area contributed by atoms with Gasteiger partial charge in [-0.1, -0.05) is 37.3 Å². The first-order chi connectivity index (χ1) is 14.8. The molecule has 0 aromatic heterocycles. The van der Waals surface area contributed by atoms with E-state index in [1.54, 1.807) is 55.5 Å². The highest BCUT2D eigenvalue weighted by Crippen LogP contribution is 2.32. The van der Waals surface area contributed by atoms with Crippen LogP contribution in [0.4, 0.5) is 16.2 Å². The minimum atomic E-state index is -4.52. The Morgan fingerprint density at radius 2 is 1.52 bits per heavy atom. The van der Waals surface area contributed by atoms with Gasteiger partial charge in [-0.05, 0) is 48.0 Å². The SMILES string of the molecule is CCC(=O)Oc1ccc(S(=O)(=O)O)c(-c2ccc(NC(=O)Nc3ccccc3)cc2)c1. The van der Waals surface area contributed by atoms with Crippen molar-refractivity contribution in [2.24, 2.45) is 0 Å². The molecular weight excluding hydrogens is 420 g/mol. The van der Waals surface area contributed by atoms with E-state index in [4.69, 9.17) is 4.74 Å². The zero-order valence-corrected chi connectivity index (χ0v) is 17.3. The average Bonchev–Trinajstić information content (AvgIpc) is 2.74. The van der Waals surface area contributed by atoms with E-state index in [0.29, 0.717) is 16.9 Å². The van der Waals surface area contributed by atoms with Gasteiger partial charge < -0.3 is 15.4 Å². The smallest absolute Gasteiger partial charge is 0.323 e. The Hall–Kier alpha value is -3.69. The van der Waals surface area contributed by atoms with Gasteiger partial charge in [0.2, 0.25) is 0 Å². The molecule has 8 nitrogen and oxygen atoms in total. The van der Waals surface area contributed by atoms with Gasteiger partial charge in [0.1, 0.15) is 10.6 Å². The van der Waals surface area contributed by atoms with Gasteiger partial charge in [-0.3, -0.25) is 9.35 Å². The van der Waals surface area contributed by atoms with Crippen molar-refractivity contribution in [1.29, 1.82) is 0 Å². The third-order valence-corrected chi connectivity index (χ3v) is 5.15. The van der Waals surface area contributed by atoms with E-state index in [1.165, 1.54) is 18.2 Å². The van der Waals surface area contributed by atoms with E-state index in [9.17, 15) is 22.6 Å². The molecule has 0 fully saturated rings. The van der Waals surface area contributed by atoms with Crippen LogP contribution in [0, 0.1) is 0 Å². The predicted molar refractivity (Wildman–Crippen MR) is 117 cm³/mol. The topological polar surface area (TPSA) is 122 Å². The Kier molecular flexibility index (Phi) is 6.68. The van der Waals surface area contributed by atoms with E-state index in [0.717, 1.165) is 0 Å². The van der Waals surface area contributed by atoms with Crippen LogP contribution < -0.4 is 15.4 Å². The zero-order valence-electron chi connectivity index (χ0n) is 16.5. The Labute approximate surface area is 179 Å². The lowest BCUT2D eigenvalue weighted by Gasteiger charge is -2.12. The molecule has 160 valence electrons. The first kappa shape index (κ1) is 22.0. The molecule has 3 N–H and O–H groups in total. The number of carbonyl (C=O) groups excluding carboxylic acids is 2. The first-order valence-electron chi connectivity index (χ1n) is 9.32. The number of ether oxygens (including phenoxy) is 1. The lowest BCUT2D eigenvalue weighted by molar-refractivity contribution is -0.134. The molecular formula is C22H20N2O6S. The third kappa shape index (κ3) is 5.91. The number of anilines is 2. The Morgan fingerprint density at radius 1 is 0.903 bits per heavy atom. The van der Waals surface area contributed by atoms with Crippen LogP contribution in [-0.2, 0) is 14.9 Å². The molecule has 0 radical (unpaired) electrons. The number of rotatable bonds is 6. The summed E-state index contributed by atoms with van der Waals surface area (Å²) in [7, 11) is -4.52. The molecule has 0 saturated heterocycles. The van der Waals surface area contributed by atoms with Crippen LogP contribution in [0.5, 0.6) is 5.75 Å². The number of esters is 1. The number of amides is 2. The fourth-order valence-electron chi connectivity index (χ4n) is 2.77. The van der Waals surface area contributed by atoms with E-state index in [1.807, 2.05) is 6.07 Å². The molecule has 0 atom stereocenters. The minimum Gasteiger partial charge on any atom is -0.427 e. The summed E-state index contributed by atoms with van der Waals surface area (Å²) in [6.45, 7) is 1.63. The van der Waals surface area contributed by atoms with Crippen molar-refractivity contribution >= 4 is 33.5 Å². The fourth-order valence-corrected chi connectivity index (χ4v) is 3.47. The van der Waals surface area contributed by atoms with Gasteiger partial charge in [0.05, 0.1) is 0 Å². The molecule has 0 aliphatic heterocycles. The van der Waals surface area contributed by atoms with Gasteiger partial charge >= 0.3 is 12.0 Å². The molecule has 0 spiro atoms. The molecule has 0 bridgehead atoms. The highest BCUT2D eigenvalue weighted by Gasteiger charge is 2.18. The molecule has 0 heterocycles. The number of hydrogen-bond acceptors (Lipinski definition) is 5. The maximum atomic E-state index is 12.1. The van der Waals surface area contributed by atoms with Crippen LogP contribution in [0.3, 0.4) is 0 Å². The largest absolute Gasteiger partial charge is 0.427 e. The second kappa shape index (κ2) is 9.41. The third-order valence-electron chi connectivity index (χ3n) is 4.23. The fraction of sp³-hybridized carbons (Fsp3) is 0.0909. The first-order valence-corrected chi connectivity index (χ1v) is 10.8. The van der Waals surface area contributed by atoms with Crippen molar-refractivity contribution in [2.45, 2.75) is 18.2 Å². The summed E-state index contributed by atoms with van der Waals surface area (Å²) in [5, 5.41) is 5.36. The normalized spacial score (nSPS) is 10.9. The summed E-state index contributed by atoms with van der Waals surface area (Å²) >= 11 is 0. The van der Waals surface area contributed by atoms with Crippen LogP contribution in [0.15, 0.2) is 77.7 Å². The molecule has 0 saturated carbocycles. The van der Waals surface area contributed by atoms with Crippen LogP contribution in [0.2, 0.25) is 0 Å². The monoisotopic (exact) mass is 440 g/mol. The summed E-state index contributed by atoms with van der Waals surface area (Å²) in [5.74, 6) is -0.326. The lowest BCUT2D eigenvalue weighted by Crippen LogP contribution is -2.19. The second-order valence-corrected chi connectivity index (χ2v) is 7.87. The van der Waals surface area contributed by atoms with Crippen molar-refractivity contribution in [3.63, 3.8) is 0 Å². The van der Waals surface area contributed by atoms with Crippen molar-refractivity contribution in [3.8, 4) is 16.9 Å². The standard InChI is InChI=1S/C22H20N2O6S/c1-2-21(25)30-18-12-13-20(31(27,28)29)19(14-18)15-8-10-17(11-9-15)24-22(26)23-16-6-4-3-5-7-16/h3-14H,2H2,1H3,(H2,23,24,26)(H,27,28,29). The predicted octanol–water partition coefficient (Wildman–Crippen LogP) is 4.56. The van der Waals surface area contributed by atoms with Crippen molar-refractivity contribution < 1.29 is 27.3 Å². The quantitative estimate of drug-likeness (QED) is 0.293. The number of urea groups is 1. The lowest BCUT2D eigenvalue weighted by atomic mass is 10.0. The van der Waals surface area contributed by atoms with Crippen LogP contribution in [-0.4, -0.2) is 25.0 Å². The number of para-hydroxylation sites is 1. The van der Waals surface area contributed by atoms with Crippen molar-refractivity contribution in [3.05, 3.63) is 72.8 Å². The van der Waals surface area contributed by atoms with E-state index < -0.39 is 22.1 Å². The van der Waals surface area contributed by atoms with Crippen LogP contribution >= 0.6 is 0 Å². The van der Waals surface area contributed by atoms with Gasteiger partial charge in [0.25, 0.3) is 10.1 Å². The van der Waals surface area contributed by atoms with E-state index in [2.05, 4.69) is 10.6 Å². The van der Waals surface area contributed by atoms with Crippen molar-refractivity contribution in [1.82, 2.24) is 0 Å². The highest BCUT2D eigenvalue weighted by atomic mass is 32.2. The average molecular weight is 440 g/mol. The van der Waals surface area contributed by atoms with E-state index in [-0.39, 0.29) is 22.6 Å². The van der Waals surface area contributed by atoms with Gasteiger partial charge in [0.15, 0.2) is 0 Å².